The molecule has 0 aliphatic heterocycles. The molecule has 94 valence electrons. The molecular weight excluding hydrogens is 310 g/mol. The fourth-order valence-electron chi connectivity index (χ4n) is 1.62. The SMILES string of the molecule is Oc1ccc(Br)cc1-c1nnc(-c2cccnc2)o1. The van der Waals surface area contributed by atoms with E-state index in [1.54, 1.807) is 36.7 Å². The molecule has 3 rings (SSSR count). The molecule has 0 bridgehead atoms. The molecule has 0 fully saturated rings. The lowest BCUT2D eigenvalue weighted by Crippen LogP contribution is -1.79. The number of hydrogen-bond donors (Lipinski definition) is 1. The molecule has 6 heteroatoms. The van der Waals surface area contributed by atoms with Gasteiger partial charge in [0, 0.05) is 16.9 Å². The van der Waals surface area contributed by atoms with Crippen molar-refractivity contribution in [1.82, 2.24) is 15.2 Å². The van der Waals surface area contributed by atoms with Crippen LogP contribution in [0.5, 0.6) is 5.75 Å². The molecule has 0 unspecified atom stereocenters. The molecule has 3 aromatic rings. The predicted molar refractivity (Wildman–Crippen MR) is 72.3 cm³/mol. The Morgan fingerprint density at radius 1 is 1.11 bits per heavy atom. The molecule has 5 nitrogen and oxygen atoms in total. The van der Waals surface area contributed by atoms with Gasteiger partial charge in [-0.3, -0.25) is 4.98 Å². The van der Waals surface area contributed by atoms with Gasteiger partial charge >= 0.3 is 0 Å². The minimum absolute atomic E-state index is 0.0876. The van der Waals surface area contributed by atoms with Crippen molar-refractivity contribution in [3.8, 4) is 28.7 Å². The minimum atomic E-state index is 0.0876. The largest absolute Gasteiger partial charge is 0.507 e. The highest BCUT2D eigenvalue weighted by atomic mass is 79.9. The van der Waals surface area contributed by atoms with Gasteiger partial charge in [0.25, 0.3) is 5.89 Å². The Balaban J connectivity index is 2.04. The summed E-state index contributed by atoms with van der Waals surface area (Å²) < 4.78 is 6.37. The number of phenolic OH excluding ortho intramolecular Hbond substituents is 1. The molecule has 2 aromatic heterocycles. The molecule has 19 heavy (non-hydrogen) atoms. The summed E-state index contributed by atoms with van der Waals surface area (Å²) in [5.41, 5.74) is 1.22. The van der Waals surface area contributed by atoms with Crippen LogP contribution in [0, 0.1) is 0 Å². The summed E-state index contributed by atoms with van der Waals surface area (Å²) in [4.78, 5) is 3.99. The fraction of sp³-hybridized carbons (Fsp3) is 0. The lowest BCUT2D eigenvalue weighted by molar-refractivity contribution is 0.473. The molecule has 0 atom stereocenters. The quantitative estimate of drug-likeness (QED) is 0.785. The summed E-state index contributed by atoms with van der Waals surface area (Å²) in [6, 6.07) is 8.63. The van der Waals surface area contributed by atoms with Gasteiger partial charge in [-0.25, -0.2) is 0 Å². The maximum absolute atomic E-state index is 9.81. The Morgan fingerprint density at radius 2 is 1.95 bits per heavy atom. The number of rotatable bonds is 2. The first-order valence-corrected chi connectivity index (χ1v) is 6.26. The van der Waals surface area contributed by atoms with Crippen molar-refractivity contribution >= 4 is 15.9 Å². The number of benzene rings is 1. The number of phenols is 1. The van der Waals surface area contributed by atoms with Crippen LogP contribution >= 0.6 is 15.9 Å². The van der Waals surface area contributed by atoms with Gasteiger partial charge < -0.3 is 9.52 Å². The van der Waals surface area contributed by atoms with Gasteiger partial charge in [-0.1, -0.05) is 15.9 Å². The molecule has 0 aliphatic rings. The third-order valence-corrected chi connectivity index (χ3v) is 3.02. The van der Waals surface area contributed by atoms with Gasteiger partial charge in [-0.2, -0.15) is 0 Å². The topological polar surface area (TPSA) is 72.0 Å². The van der Waals surface area contributed by atoms with E-state index in [-0.39, 0.29) is 11.6 Å². The highest BCUT2D eigenvalue weighted by Crippen LogP contribution is 2.32. The Hall–Kier alpha value is -2.21. The minimum Gasteiger partial charge on any atom is -0.507 e. The lowest BCUT2D eigenvalue weighted by Gasteiger charge is -1.99. The predicted octanol–water partition coefficient (Wildman–Crippen LogP) is 3.27. The third kappa shape index (κ3) is 2.34. The summed E-state index contributed by atoms with van der Waals surface area (Å²) in [6.45, 7) is 0. The molecule has 2 heterocycles. The zero-order chi connectivity index (χ0) is 13.2. The molecule has 0 radical (unpaired) electrons. The van der Waals surface area contributed by atoms with Crippen LogP contribution in [-0.4, -0.2) is 20.3 Å². The van der Waals surface area contributed by atoms with Crippen LogP contribution < -0.4 is 0 Å². The van der Waals surface area contributed by atoms with Crippen molar-refractivity contribution in [2.75, 3.05) is 0 Å². The van der Waals surface area contributed by atoms with Crippen LogP contribution in [0.3, 0.4) is 0 Å². The van der Waals surface area contributed by atoms with Crippen molar-refractivity contribution in [2.24, 2.45) is 0 Å². The van der Waals surface area contributed by atoms with E-state index in [2.05, 4.69) is 31.1 Å². The summed E-state index contributed by atoms with van der Waals surface area (Å²) in [5, 5.41) is 17.7. The van der Waals surface area contributed by atoms with Crippen LogP contribution in [0.25, 0.3) is 22.9 Å². The highest BCUT2D eigenvalue weighted by molar-refractivity contribution is 9.10. The number of halogens is 1. The van der Waals surface area contributed by atoms with E-state index in [1.807, 2.05) is 6.07 Å². The van der Waals surface area contributed by atoms with E-state index < -0.39 is 0 Å². The Labute approximate surface area is 117 Å². The molecular formula is C13H8BrN3O2. The number of nitrogens with zero attached hydrogens (tertiary/aromatic N) is 3. The van der Waals surface area contributed by atoms with Crippen LogP contribution in [0.1, 0.15) is 0 Å². The van der Waals surface area contributed by atoms with Gasteiger partial charge in [0.2, 0.25) is 5.89 Å². The number of aromatic nitrogens is 3. The highest BCUT2D eigenvalue weighted by Gasteiger charge is 2.14. The average Bonchev–Trinajstić information content (AvgIpc) is 2.92. The Bertz CT molecular complexity index is 713. The molecule has 0 saturated heterocycles. The van der Waals surface area contributed by atoms with Gasteiger partial charge in [0.05, 0.1) is 11.1 Å². The van der Waals surface area contributed by atoms with Gasteiger partial charge in [0.1, 0.15) is 5.75 Å². The first-order chi connectivity index (χ1) is 9.24. The summed E-state index contributed by atoms with van der Waals surface area (Å²) in [5.74, 6) is 0.713. The maximum atomic E-state index is 9.81. The van der Waals surface area contributed by atoms with E-state index in [4.69, 9.17) is 4.42 Å². The van der Waals surface area contributed by atoms with Gasteiger partial charge in [-0.05, 0) is 30.3 Å². The van der Waals surface area contributed by atoms with Gasteiger partial charge in [0.15, 0.2) is 0 Å². The van der Waals surface area contributed by atoms with E-state index >= 15 is 0 Å². The smallest absolute Gasteiger partial charge is 0.251 e. The van der Waals surface area contributed by atoms with Crippen LogP contribution in [0.2, 0.25) is 0 Å². The molecule has 0 amide bonds. The van der Waals surface area contributed by atoms with E-state index in [0.29, 0.717) is 11.5 Å². The van der Waals surface area contributed by atoms with Crippen molar-refractivity contribution in [3.63, 3.8) is 0 Å². The second kappa shape index (κ2) is 4.81. The number of hydrogen-bond acceptors (Lipinski definition) is 5. The standard InChI is InChI=1S/C13H8BrN3O2/c14-9-3-4-11(18)10(6-9)13-17-16-12(19-13)8-2-1-5-15-7-8/h1-7,18H. The lowest BCUT2D eigenvalue weighted by atomic mass is 10.2. The van der Waals surface area contributed by atoms with E-state index in [1.165, 1.54) is 0 Å². The maximum Gasteiger partial charge on any atom is 0.251 e. The zero-order valence-corrected chi connectivity index (χ0v) is 11.2. The summed E-state index contributed by atoms with van der Waals surface area (Å²) >= 11 is 3.33. The van der Waals surface area contributed by atoms with Crippen LogP contribution in [0.4, 0.5) is 0 Å². The molecule has 0 spiro atoms. The molecule has 1 aromatic carbocycles. The first kappa shape index (κ1) is 11.9. The van der Waals surface area contributed by atoms with Crippen LogP contribution in [-0.2, 0) is 0 Å². The average molecular weight is 318 g/mol. The third-order valence-electron chi connectivity index (χ3n) is 2.52. The van der Waals surface area contributed by atoms with Crippen molar-refractivity contribution in [2.45, 2.75) is 0 Å². The molecule has 0 saturated carbocycles. The Kier molecular flexibility index (Phi) is 3.00. The Morgan fingerprint density at radius 3 is 2.74 bits per heavy atom. The van der Waals surface area contributed by atoms with E-state index in [0.717, 1.165) is 10.0 Å². The summed E-state index contributed by atoms with van der Waals surface area (Å²) in [6.07, 6.45) is 3.30. The number of pyridine rings is 1. The second-order valence-corrected chi connectivity index (χ2v) is 4.73. The van der Waals surface area contributed by atoms with Crippen LogP contribution in [0.15, 0.2) is 51.6 Å². The molecule has 1 N–H and O–H groups in total. The van der Waals surface area contributed by atoms with Crippen molar-refractivity contribution in [1.29, 1.82) is 0 Å². The number of aromatic hydroxyl groups is 1. The monoisotopic (exact) mass is 317 g/mol. The summed E-state index contributed by atoms with van der Waals surface area (Å²) in [7, 11) is 0. The molecule has 0 aliphatic carbocycles. The van der Waals surface area contributed by atoms with E-state index in [9.17, 15) is 5.11 Å². The van der Waals surface area contributed by atoms with Crippen molar-refractivity contribution in [3.05, 3.63) is 47.2 Å². The fourth-order valence-corrected chi connectivity index (χ4v) is 1.98. The second-order valence-electron chi connectivity index (χ2n) is 3.82. The first-order valence-electron chi connectivity index (χ1n) is 5.47. The zero-order valence-electron chi connectivity index (χ0n) is 9.62. The van der Waals surface area contributed by atoms with Gasteiger partial charge in [-0.15, -0.1) is 10.2 Å². The van der Waals surface area contributed by atoms with Crippen molar-refractivity contribution < 1.29 is 9.52 Å². The normalized spacial score (nSPS) is 10.6.